The number of benzene rings is 3. The molecule has 1 saturated heterocycles. The quantitative estimate of drug-likeness (QED) is 0.252. The molecular formula is C32H33F6NO3. The monoisotopic (exact) mass is 593 g/mol. The number of hydrogen-bond acceptors (Lipinski definition) is 3. The van der Waals surface area contributed by atoms with Crippen LogP contribution in [-0.2, 0) is 17.5 Å². The highest BCUT2D eigenvalue weighted by Crippen LogP contribution is 2.46. The molecule has 42 heavy (non-hydrogen) atoms. The fourth-order valence-electron chi connectivity index (χ4n) is 5.75. The van der Waals surface area contributed by atoms with Crippen molar-refractivity contribution < 1.29 is 41.0 Å². The Bertz CT molecular complexity index is 1350. The molecule has 1 heterocycles. The van der Waals surface area contributed by atoms with Gasteiger partial charge in [-0.1, -0.05) is 62.4 Å². The summed E-state index contributed by atoms with van der Waals surface area (Å²) < 4.78 is 86.0. The van der Waals surface area contributed by atoms with E-state index in [4.69, 9.17) is 0 Å². The SMILES string of the molecule is CC(C)CC(C(=O)O)c1cc(-c2ccccc2)cc(C2CCCN(Cc3ccc(OC(F)(F)F)cc3)C2)c1C(F)(F)F. The normalized spacial score (nSPS) is 17.3. The number of piperidine rings is 1. The first kappa shape index (κ1) is 31.4. The molecule has 2 unspecified atom stereocenters. The van der Waals surface area contributed by atoms with Crippen molar-refractivity contribution in [3.8, 4) is 16.9 Å². The van der Waals surface area contributed by atoms with E-state index < -0.39 is 35.9 Å². The molecule has 0 aromatic heterocycles. The van der Waals surface area contributed by atoms with Crippen LogP contribution in [0, 0.1) is 5.92 Å². The standard InChI is InChI=1S/C32H33F6NO3/c1-20(2)15-28(30(40)41)27-17-24(22-7-4-3-5-8-22)16-26(29(27)31(33,34)35)23-9-6-14-39(19-23)18-21-10-12-25(13-11-21)42-32(36,37)38/h3-5,7-8,10-13,16-17,20,23,28H,6,9,14-15,18-19H2,1-2H3,(H,40,41). The Morgan fingerprint density at radius 1 is 0.976 bits per heavy atom. The molecule has 2 atom stereocenters. The molecule has 10 heteroatoms. The number of likely N-dealkylation sites (tertiary alicyclic amines) is 1. The van der Waals surface area contributed by atoms with E-state index in [1.54, 1.807) is 50.2 Å². The smallest absolute Gasteiger partial charge is 0.481 e. The first-order valence-corrected chi connectivity index (χ1v) is 13.8. The minimum Gasteiger partial charge on any atom is -0.481 e. The number of alkyl halides is 6. The Kier molecular flexibility index (Phi) is 9.55. The Balaban J connectivity index is 1.73. The van der Waals surface area contributed by atoms with Crippen molar-refractivity contribution in [1.29, 1.82) is 0 Å². The lowest BCUT2D eigenvalue weighted by Gasteiger charge is -2.35. The highest BCUT2D eigenvalue weighted by atomic mass is 19.4. The Morgan fingerprint density at radius 3 is 2.21 bits per heavy atom. The van der Waals surface area contributed by atoms with Crippen LogP contribution in [0.25, 0.3) is 11.1 Å². The topological polar surface area (TPSA) is 49.8 Å². The lowest BCUT2D eigenvalue weighted by molar-refractivity contribution is -0.274. The van der Waals surface area contributed by atoms with E-state index >= 15 is 0 Å². The van der Waals surface area contributed by atoms with Crippen molar-refractivity contribution in [2.75, 3.05) is 13.1 Å². The van der Waals surface area contributed by atoms with Crippen LogP contribution in [0.15, 0.2) is 66.7 Å². The predicted octanol–water partition coefficient (Wildman–Crippen LogP) is 8.86. The minimum atomic E-state index is -4.81. The maximum atomic E-state index is 14.9. The van der Waals surface area contributed by atoms with E-state index in [9.17, 15) is 36.2 Å². The number of halogens is 6. The van der Waals surface area contributed by atoms with Gasteiger partial charge >= 0.3 is 18.5 Å². The summed E-state index contributed by atoms with van der Waals surface area (Å²) >= 11 is 0. The summed E-state index contributed by atoms with van der Waals surface area (Å²) in [6.07, 6.45) is -8.43. The molecule has 0 amide bonds. The molecule has 0 spiro atoms. The first-order valence-electron chi connectivity index (χ1n) is 13.8. The second kappa shape index (κ2) is 12.8. The molecule has 226 valence electrons. The van der Waals surface area contributed by atoms with Gasteiger partial charge < -0.3 is 9.84 Å². The summed E-state index contributed by atoms with van der Waals surface area (Å²) in [5, 5.41) is 10.1. The van der Waals surface area contributed by atoms with Gasteiger partial charge in [-0.3, -0.25) is 9.69 Å². The minimum absolute atomic E-state index is 0.0565. The van der Waals surface area contributed by atoms with E-state index in [0.29, 0.717) is 42.6 Å². The average molecular weight is 594 g/mol. The molecule has 4 nitrogen and oxygen atoms in total. The molecule has 1 fully saturated rings. The van der Waals surface area contributed by atoms with Gasteiger partial charge in [0, 0.05) is 13.1 Å². The highest BCUT2D eigenvalue weighted by Gasteiger charge is 2.42. The van der Waals surface area contributed by atoms with Gasteiger partial charge in [-0.05, 0) is 83.7 Å². The zero-order chi connectivity index (χ0) is 30.7. The van der Waals surface area contributed by atoms with Crippen LogP contribution in [0.5, 0.6) is 5.75 Å². The van der Waals surface area contributed by atoms with Crippen LogP contribution >= 0.6 is 0 Å². The van der Waals surface area contributed by atoms with Crippen LogP contribution in [0.2, 0.25) is 0 Å². The van der Waals surface area contributed by atoms with Crippen molar-refractivity contribution in [1.82, 2.24) is 4.90 Å². The highest BCUT2D eigenvalue weighted by molar-refractivity contribution is 5.79. The zero-order valence-electron chi connectivity index (χ0n) is 23.3. The largest absolute Gasteiger partial charge is 0.573 e. The lowest BCUT2D eigenvalue weighted by Crippen LogP contribution is -2.35. The Hall–Kier alpha value is -3.53. The van der Waals surface area contributed by atoms with Crippen LogP contribution in [0.4, 0.5) is 26.3 Å². The summed E-state index contributed by atoms with van der Waals surface area (Å²) in [6.45, 7) is 4.79. The number of ether oxygens (including phenoxy) is 1. The van der Waals surface area contributed by atoms with Gasteiger partial charge in [0.05, 0.1) is 11.5 Å². The van der Waals surface area contributed by atoms with E-state index in [0.717, 1.165) is 0 Å². The fourth-order valence-corrected chi connectivity index (χ4v) is 5.75. The molecule has 3 aromatic carbocycles. The molecule has 0 bridgehead atoms. The van der Waals surface area contributed by atoms with Gasteiger partial charge in [0.1, 0.15) is 5.75 Å². The number of carbonyl (C=O) groups is 1. The van der Waals surface area contributed by atoms with Gasteiger partial charge in [-0.15, -0.1) is 13.2 Å². The molecule has 0 saturated carbocycles. The van der Waals surface area contributed by atoms with Gasteiger partial charge in [-0.2, -0.15) is 13.2 Å². The second-order valence-electron chi connectivity index (χ2n) is 11.2. The second-order valence-corrected chi connectivity index (χ2v) is 11.2. The predicted molar refractivity (Wildman–Crippen MR) is 147 cm³/mol. The molecule has 1 aliphatic heterocycles. The number of hydrogen-bond donors (Lipinski definition) is 1. The summed E-state index contributed by atoms with van der Waals surface area (Å²) in [7, 11) is 0. The molecule has 4 rings (SSSR count). The number of carboxylic acids is 1. The molecule has 0 radical (unpaired) electrons. The summed E-state index contributed by atoms with van der Waals surface area (Å²) in [5.74, 6) is -3.65. The van der Waals surface area contributed by atoms with E-state index in [1.807, 2.05) is 4.90 Å². The average Bonchev–Trinajstić information content (AvgIpc) is 2.91. The van der Waals surface area contributed by atoms with Crippen molar-refractivity contribution in [2.24, 2.45) is 5.92 Å². The summed E-state index contributed by atoms with van der Waals surface area (Å²) in [5.41, 5.74) is 0.890. The fraction of sp³-hybridized carbons (Fsp3) is 0.406. The van der Waals surface area contributed by atoms with Crippen molar-refractivity contribution in [2.45, 2.75) is 64.0 Å². The van der Waals surface area contributed by atoms with E-state index in [1.165, 1.54) is 30.3 Å². The van der Waals surface area contributed by atoms with E-state index in [-0.39, 0.29) is 35.8 Å². The van der Waals surface area contributed by atoms with Crippen LogP contribution in [0.1, 0.15) is 67.2 Å². The van der Waals surface area contributed by atoms with Crippen molar-refractivity contribution in [3.05, 3.63) is 89.0 Å². The number of nitrogens with zero attached hydrogens (tertiary/aromatic N) is 1. The third kappa shape index (κ3) is 8.06. The lowest BCUT2D eigenvalue weighted by atomic mass is 9.78. The van der Waals surface area contributed by atoms with E-state index in [2.05, 4.69) is 4.74 Å². The maximum Gasteiger partial charge on any atom is 0.573 e. The molecular weight excluding hydrogens is 560 g/mol. The Labute approximate surface area is 240 Å². The van der Waals surface area contributed by atoms with Crippen LogP contribution < -0.4 is 4.74 Å². The third-order valence-corrected chi connectivity index (χ3v) is 7.48. The van der Waals surface area contributed by atoms with Gasteiger partial charge in [0.25, 0.3) is 0 Å². The van der Waals surface area contributed by atoms with Gasteiger partial charge in [-0.25, -0.2) is 0 Å². The third-order valence-electron chi connectivity index (χ3n) is 7.48. The number of aliphatic carboxylic acids is 1. The number of carboxylic acid groups (broad SMARTS) is 1. The van der Waals surface area contributed by atoms with Crippen molar-refractivity contribution >= 4 is 5.97 Å². The van der Waals surface area contributed by atoms with Crippen LogP contribution in [-0.4, -0.2) is 35.4 Å². The van der Waals surface area contributed by atoms with Gasteiger partial charge in [0.2, 0.25) is 0 Å². The van der Waals surface area contributed by atoms with Crippen molar-refractivity contribution in [3.63, 3.8) is 0 Å². The molecule has 1 aliphatic rings. The zero-order valence-corrected chi connectivity index (χ0v) is 23.3. The molecule has 3 aromatic rings. The maximum absolute atomic E-state index is 14.9. The molecule has 0 aliphatic carbocycles. The summed E-state index contributed by atoms with van der Waals surface area (Å²) in [6, 6.07) is 17.3. The van der Waals surface area contributed by atoms with Gasteiger partial charge in [0.15, 0.2) is 0 Å². The van der Waals surface area contributed by atoms with Crippen LogP contribution in [0.3, 0.4) is 0 Å². The summed E-state index contributed by atoms with van der Waals surface area (Å²) in [4.78, 5) is 14.3. The number of rotatable bonds is 9. The first-order chi connectivity index (χ1) is 19.7. The molecule has 1 N–H and O–H groups in total. The Morgan fingerprint density at radius 2 is 1.64 bits per heavy atom.